The van der Waals surface area contributed by atoms with Gasteiger partial charge in [0.2, 0.25) is 0 Å². The molecule has 3 heteroatoms. The number of hydrogen-bond donors (Lipinski definition) is 0. The molecule has 0 aliphatic rings. The molecule has 1 heterocycles. The van der Waals surface area contributed by atoms with Gasteiger partial charge >= 0.3 is 0 Å². The van der Waals surface area contributed by atoms with Crippen molar-refractivity contribution in [2.75, 3.05) is 7.11 Å². The summed E-state index contributed by atoms with van der Waals surface area (Å²) < 4.78 is 7.74. The third-order valence-corrected chi connectivity index (χ3v) is 4.47. The summed E-state index contributed by atoms with van der Waals surface area (Å²) >= 11 is 0. The van der Waals surface area contributed by atoms with Gasteiger partial charge in [-0.2, -0.15) is 0 Å². The van der Waals surface area contributed by atoms with Crippen LogP contribution in [0.1, 0.15) is 43.0 Å². The molecule has 0 aliphatic carbocycles. The zero-order valence-corrected chi connectivity index (χ0v) is 13.8. The smallest absolute Gasteiger partial charge is 0.150 e. The van der Waals surface area contributed by atoms with Crippen LogP contribution in [0.15, 0.2) is 36.4 Å². The molecule has 3 aromatic rings. The lowest BCUT2D eigenvalue weighted by Gasteiger charge is -2.07. The number of hydrogen-bond acceptors (Lipinski definition) is 2. The van der Waals surface area contributed by atoms with Crippen molar-refractivity contribution in [3.8, 4) is 5.75 Å². The molecule has 0 N–H and O–H groups in total. The van der Waals surface area contributed by atoms with Gasteiger partial charge in [-0.3, -0.25) is 4.79 Å². The van der Waals surface area contributed by atoms with Gasteiger partial charge in [0.15, 0.2) is 0 Å². The average Bonchev–Trinajstić information content (AvgIpc) is 2.91. The Morgan fingerprint density at radius 3 is 2.43 bits per heavy atom. The number of carbonyl (C=O) groups is 1. The van der Waals surface area contributed by atoms with Crippen molar-refractivity contribution in [2.45, 2.75) is 39.2 Å². The number of aldehydes is 1. The fourth-order valence-electron chi connectivity index (χ4n) is 3.24. The van der Waals surface area contributed by atoms with E-state index in [0.29, 0.717) is 5.56 Å². The van der Waals surface area contributed by atoms with Crippen LogP contribution < -0.4 is 4.74 Å². The van der Waals surface area contributed by atoms with Crippen LogP contribution in [0.4, 0.5) is 0 Å². The van der Waals surface area contributed by atoms with E-state index >= 15 is 0 Å². The topological polar surface area (TPSA) is 31.2 Å². The third kappa shape index (κ3) is 2.96. The van der Waals surface area contributed by atoms with Crippen molar-refractivity contribution in [3.63, 3.8) is 0 Å². The number of benzene rings is 2. The van der Waals surface area contributed by atoms with Crippen LogP contribution in [0.5, 0.6) is 5.75 Å². The van der Waals surface area contributed by atoms with E-state index in [1.807, 2.05) is 18.2 Å². The first kappa shape index (κ1) is 15.6. The summed E-state index contributed by atoms with van der Waals surface area (Å²) in [5.41, 5.74) is 3.11. The van der Waals surface area contributed by atoms with E-state index in [0.717, 1.165) is 29.4 Å². The highest BCUT2D eigenvalue weighted by Crippen LogP contribution is 2.32. The van der Waals surface area contributed by atoms with Gasteiger partial charge in [-0.25, -0.2) is 0 Å². The lowest BCUT2D eigenvalue weighted by atomic mass is 10.1. The number of methoxy groups -OCH3 is 1. The zero-order valence-electron chi connectivity index (χ0n) is 13.8. The number of rotatable bonds is 7. The first-order valence-electron chi connectivity index (χ1n) is 8.33. The second kappa shape index (κ2) is 6.86. The minimum absolute atomic E-state index is 0.713. The van der Waals surface area contributed by atoms with Crippen molar-refractivity contribution in [1.82, 2.24) is 4.57 Å². The monoisotopic (exact) mass is 309 g/mol. The minimum atomic E-state index is 0.713. The highest BCUT2D eigenvalue weighted by molar-refractivity contribution is 6.09. The number of aryl methyl sites for hydroxylation is 1. The molecule has 3 rings (SSSR count). The van der Waals surface area contributed by atoms with E-state index < -0.39 is 0 Å². The Balaban J connectivity index is 2.13. The number of nitrogens with zero attached hydrogens (tertiary/aromatic N) is 1. The van der Waals surface area contributed by atoms with E-state index in [2.05, 4.69) is 29.7 Å². The van der Waals surface area contributed by atoms with Gasteiger partial charge in [0.25, 0.3) is 0 Å². The summed E-state index contributed by atoms with van der Waals surface area (Å²) in [6.45, 7) is 3.24. The second-order valence-electron chi connectivity index (χ2n) is 5.99. The van der Waals surface area contributed by atoms with E-state index in [9.17, 15) is 4.79 Å². The second-order valence-corrected chi connectivity index (χ2v) is 5.99. The average molecular weight is 309 g/mol. The Bertz CT molecular complexity index is 832. The van der Waals surface area contributed by atoms with Gasteiger partial charge in [0.1, 0.15) is 12.0 Å². The molecule has 0 aliphatic heterocycles. The predicted molar refractivity (Wildman–Crippen MR) is 95.5 cm³/mol. The summed E-state index contributed by atoms with van der Waals surface area (Å²) in [7, 11) is 1.68. The first-order valence-corrected chi connectivity index (χ1v) is 8.33. The van der Waals surface area contributed by atoms with Crippen LogP contribution in [-0.2, 0) is 6.54 Å². The van der Waals surface area contributed by atoms with Crippen LogP contribution in [0.2, 0.25) is 0 Å². The molecule has 0 atom stereocenters. The molecule has 0 fully saturated rings. The van der Waals surface area contributed by atoms with Gasteiger partial charge in [0.05, 0.1) is 7.11 Å². The fourth-order valence-corrected chi connectivity index (χ4v) is 3.24. The Kier molecular flexibility index (Phi) is 4.65. The van der Waals surface area contributed by atoms with Crippen LogP contribution in [0.25, 0.3) is 21.8 Å². The van der Waals surface area contributed by atoms with E-state index in [1.165, 1.54) is 36.7 Å². The van der Waals surface area contributed by atoms with Gasteiger partial charge in [-0.05, 0) is 42.8 Å². The maximum Gasteiger partial charge on any atom is 0.150 e. The van der Waals surface area contributed by atoms with Crippen molar-refractivity contribution >= 4 is 28.1 Å². The molecular formula is C20H23NO2. The van der Waals surface area contributed by atoms with Gasteiger partial charge in [-0.15, -0.1) is 0 Å². The highest BCUT2D eigenvalue weighted by Gasteiger charge is 2.12. The van der Waals surface area contributed by atoms with Crippen LogP contribution >= 0.6 is 0 Å². The van der Waals surface area contributed by atoms with Gasteiger partial charge in [0, 0.05) is 33.9 Å². The van der Waals surface area contributed by atoms with Crippen molar-refractivity contribution in [1.29, 1.82) is 0 Å². The number of ether oxygens (including phenoxy) is 1. The molecule has 2 aromatic carbocycles. The van der Waals surface area contributed by atoms with E-state index in [-0.39, 0.29) is 0 Å². The first-order chi connectivity index (χ1) is 11.3. The maximum atomic E-state index is 11.1. The molecule has 0 spiro atoms. The maximum absolute atomic E-state index is 11.1. The summed E-state index contributed by atoms with van der Waals surface area (Å²) in [5, 5.41) is 2.28. The molecule has 0 bridgehead atoms. The summed E-state index contributed by atoms with van der Waals surface area (Å²) in [5.74, 6) is 0.846. The number of unbranched alkanes of at least 4 members (excludes halogenated alkanes) is 3. The zero-order chi connectivity index (χ0) is 16.2. The quantitative estimate of drug-likeness (QED) is 0.444. The highest BCUT2D eigenvalue weighted by atomic mass is 16.5. The Morgan fingerprint density at radius 2 is 1.74 bits per heavy atom. The van der Waals surface area contributed by atoms with Crippen LogP contribution in [0, 0.1) is 0 Å². The molecule has 0 amide bonds. The molecule has 0 radical (unpaired) electrons. The Hall–Kier alpha value is -2.29. The fraction of sp³-hybridized carbons (Fsp3) is 0.350. The standard InChI is InChI=1S/C20H23NO2/c1-3-4-5-6-11-21-19-9-7-15(14-22)12-17(19)18-13-16(23-2)8-10-20(18)21/h7-10,12-14H,3-6,11H2,1-2H3. The van der Waals surface area contributed by atoms with Crippen LogP contribution in [0.3, 0.4) is 0 Å². The summed E-state index contributed by atoms with van der Waals surface area (Å²) in [6, 6.07) is 12.1. The van der Waals surface area contributed by atoms with Crippen LogP contribution in [-0.4, -0.2) is 18.0 Å². The molecule has 3 nitrogen and oxygen atoms in total. The lowest BCUT2D eigenvalue weighted by molar-refractivity contribution is 0.112. The molecule has 120 valence electrons. The minimum Gasteiger partial charge on any atom is -0.497 e. The summed E-state index contributed by atoms with van der Waals surface area (Å²) in [4.78, 5) is 11.1. The predicted octanol–water partition coefficient (Wildman–Crippen LogP) is 5.20. The normalized spacial score (nSPS) is 11.2. The number of carbonyl (C=O) groups excluding carboxylic acids is 1. The Labute approximate surface area is 136 Å². The molecule has 0 saturated heterocycles. The molecule has 23 heavy (non-hydrogen) atoms. The third-order valence-electron chi connectivity index (χ3n) is 4.47. The van der Waals surface area contributed by atoms with Crippen molar-refractivity contribution in [2.24, 2.45) is 0 Å². The molecule has 0 unspecified atom stereocenters. The Morgan fingerprint density at radius 1 is 1.00 bits per heavy atom. The van der Waals surface area contributed by atoms with Gasteiger partial charge in [-0.1, -0.05) is 26.2 Å². The van der Waals surface area contributed by atoms with E-state index in [4.69, 9.17) is 4.74 Å². The number of fused-ring (bicyclic) bond motifs is 3. The SMILES string of the molecule is CCCCCCn1c2ccc(C=O)cc2c2cc(OC)ccc21. The number of aromatic nitrogens is 1. The molecular weight excluding hydrogens is 286 g/mol. The summed E-state index contributed by atoms with van der Waals surface area (Å²) in [6.07, 6.45) is 5.85. The van der Waals surface area contributed by atoms with Gasteiger partial charge < -0.3 is 9.30 Å². The van der Waals surface area contributed by atoms with Crippen molar-refractivity contribution < 1.29 is 9.53 Å². The molecule has 1 aromatic heterocycles. The lowest BCUT2D eigenvalue weighted by Crippen LogP contribution is -1.97. The molecule has 0 saturated carbocycles. The van der Waals surface area contributed by atoms with E-state index in [1.54, 1.807) is 7.11 Å². The van der Waals surface area contributed by atoms with Crippen molar-refractivity contribution in [3.05, 3.63) is 42.0 Å². The largest absolute Gasteiger partial charge is 0.497 e.